The normalized spacial score (nSPS) is 10.3. The number of esters is 1. The van der Waals surface area contributed by atoms with Crippen molar-refractivity contribution in [1.82, 2.24) is 9.78 Å². The standard InChI is InChI=1S/C27H21ClN2O2/c1-2-32-26(31)18-23-19-30(25-6-4-3-5-7-25)29-27(23)22-14-10-20(11-15-22)8-9-21-12-16-24(28)17-13-21/h3-7,10-17,19H,2,18H2,1H3. The lowest BCUT2D eigenvalue weighted by Gasteiger charge is -2.03. The monoisotopic (exact) mass is 440 g/mol. The van der Waals surface area contributed by atoms with Crippen LogP contribution in [-0.2, 0) is 16.0 Å². The van der Waals surface area contributed by atoms with Crippen LogP contribution in [0.5, 0.6) is 0 Å². The van der Waals surface area contributed by atoms with Crippen LogP contribution in [0.15, 0.2) is 85.1 Å². The number of carbonyl (C=O) groups is 1. The molecular formula is C27H21ClN2O2. The summed E-state index contributed by atoms with van der Waals surface area (Å²) in [7, 11) is 0. The van der Waals surface area contributed by atoms with Gasteiger partial charge in [0.2, 0.25) is 0 Å². The van der Waals surface area contributed by atoms with E-state index in [0.717, 1.165) is 33.6 Å². The maximum Gasteiger partial charge on any atom is 0.310 e. The van der Waals surface area contributed by atoms with Crippen molar-refractivity contribution in [2.45, 2.75) is 13.3 Å². The zero-order chi connectivity index (χ0) is 22.3. The lowest BCUT2D eigenvalue weighted by atomic mass is 10.0. The molecule has 0 aliphatic rings. The third-order valence-corrected chi connectivity index (χ3v) is 5.06. The third kappa shape index (κ3) is 5.26. The lowest BCUT2D eigenvalue weighted by Crippen LogP contribution is -2.07. The van der Waals surface area contributed by atoms with Crippen LogP contribution < -0.4 is 0 Å². The fourth-order valence-electron chi connectivity index (χ4n) is 3.25. The van der Waals surface area contributed by atoms with Gasteiger partial charge in [0.15, 0.2) is 0 Å². The predicted molar refractivity (Wildman–Crippen MR) is 127 cm³/mol. The molecule has 3 aromatic carbocycles. The average molecular weight is 441 g/mol. The maximum absolute atomic E-state index is 12.2. The Morgan fingerprint density at radius 3 is 2.19 bits per heavy atom. The van der Waals surface area contributed by atoms with Crippen LogP contribution in [0, 0.1) is 11.8 Å². The first-order valence-electron chi connectivity index (χ1n) is 10.3. The Hall–Kier alpha value is -3.81. The van der Waals surface area contributed by atoms with Crippen molar-refractivity contribution in [1.29, 1.82) is 0 Å². The molecule has 32 heavy (non-hydrogen) atoms. The van der Waals surface area contributed by atoms with E-state index in [4.69, 9.17) is 21.4 Å². The van der Waals surface area contributed by atoms with E-state index in [2.05, 4.69) is 11.8 Å². The highest BCUT2D eigenvalue weighted by atomic mass is 35.5. The summed E-state index contributed by atoms with van der Waals surface area (Å²) in [5.74, 6) is 6.02. The van der Waals surface area contributed by atoms with Gasteiger partial charge < -0.3 is 4.74 Å². The molecule has 0 aliphatic heterocycles. The van der Waals surface area contributed by atoms with Gasteiger partial charge in [0.1, 0.15) is 0 Å². The molecule has 1 heterocycles. The van der Waals surface area contributed by atoms with E-state index in [1.54, 1.807) is 11.6 Å². The van der Waals surface area contributed by atoms with E-state index in [9.17, 15) is 4.79 Å². The van der Waals surface area contributed by atoms with Gasteiger partial charge in [0.05, 0.1) is 24.4 Å². The lowest BCUT2D eigenvalue weighted by molar-refractivity contribution is -0.142. The highest BCUT2D eigenvalue weighted by molar-refractivity contribution is 6.30. The summed E-state index contributed by atoms with van der Waals surface area (Å²) in [5, 5.41) is 5.44. The number of rotatable bonds is 5. The number of ether oxygens (including phenoxy) is 1. The summed E-state index contributed by atoms with van der Waals surface area (Å²) in [5.41, 5.74) is 5.19. The van der Waals surface area contributed by atoms with Gasteiger partial charge in [-0.15, -0.1) is 0 Å². The Morgan fingerprint density at radius 1 is 0.938 bits per heavy atom. The molecule has 0 aliphatic carbocycles. The number of carbonyl (C=O) groups excluding carboxylic acids is 1. The molecule has 4 rings (SSSR count). The highest BCUT2D eigenvalue weighted by Gasteiger charge is 2.16. The van der Waals surface area contributed by atoms with Crippen LogP contribution in [-0.4, -0.2) is 22.4 Å². The van der Waals surface area contributed by atoms with Gasteiger partial charge in [-0.3, -0.25) is 4.79 Å². The van der Waals surface area contributed by atoms with Crippen LogP contribution in [0.2, 0.25) is 5.02 Å². The van der Waals surface area contributed by atoms with Gasteiger partial charge in [0.25, 0.3) is 0 Å². The SMILES string of the molecule is CCOC(=O)Cc1cn(-c2ccccc2)nc1-c1ccc(C#Cc2ccc(Cl)cc2)cc1. The minimum atomic E-state index is -0.271. The Morgan fingerprint density at radius 2 is 1.56 bits per heavy atom. The van der Waals surface area contributed by atoms with E-state index in [1.807, 2.05) is 85.1 Å². The van der Waals surface area contributed by atoms with Gasteiger partial charge in [-0.2, -0.15) is 5.10 Å². The van der Waals surface area contributed by atoms with E-state index < -0.39 is 0 Å². The van der Waals surface area contributed by atoms with Crippen molar-refractivity contribution in [3.8, 4) is 28.8 Å². The van der Waals surface area contributed by atoms with E-state index in [1.165, 1.54) is 0 Å². The van der Waals surface area contributed by atoms with Gasteiger partial charge in [0, 0.05) is 33.5 Å². The number of hydrogen-bond donors (Lipinski definition) is 0. The van der Waals surface area contributed by atoms with Crippen LogP contribution >= 0.6 is 11.6 Å². The van der Waals surface area contributed by atoms with Gasteiger partial charge in [-0.05, 0) is 55.5 Å². The minimum absolute atomic E-state index is 0.161. The molecule has 0 fully saturated rings. The van der Waals surface area contributed by atoms with Crippen LogP contribution in [0.1, 0.15) is 23.6 Å². The van der Waals surface area contributed by atoms with Crippen molar-refractivity contribution in [2.24, 2.45) is 0 Å². The number of benzene rings is 3. The van der Waals surface area contributed by atoms with Gasteiger partial charge in [-0.25, -0.2) is 4.68 Å². The largest absolute Gasteiger partial charge is 0.466 e. The number of halogens is 1. The quantitative estimate of drug-likeness (QED) is 0.295. The second kappa shape index (κ2) is 10.00. The summed E-state index contributed by atoms with van der Waals surface area (Å²) < 4.78 is 6.94. The Labute approximate surface area is 192 Å². The summed E-state index contributed by atoms with van der Waals surface area (Å²) in [6.07, 6.45) is 2.05. The Kier molecular flexibility index (Phi) is 6.69. The van der Waals surface area contributed by atoms with Crippen molar-refractivity contribution in [3.05, 3.63) is 107 Å². The zero-order valence-corrected chi connectivity index (χ0v) is 18.3. The molecule has 0 saturated carbocycles. The molecule has 0 unspecified atom stereocenters. The first-order valence-corrected chi connectivity index (χ1v) is 10.7. The molecule has 0 radical (unpaired) electrons. The highest BCUT2D eigenvalue weighted by Crippen LogP contribution is 2.25. The molecule has 5 heteroatoms. The average Bonchev–Trinajstić information content (AvgIpc) is 3.23. The van der Waals surface area contributed by atoms with Crippen LogP contribution in [0.4, 0.5) is 0 Å². The van der Waals surface area contributed by atoms with Crippen molar-refractivity contribution in [3.63, 3.8) is 0 Å². The second-order valence-electron chi connectivity index (χ2n) is 7.10. The van der Waals surface area contributed by atoms with Gasteiger partial charge >= 0.3 is 5.97 Å². The molecule has 0 bridgehead atoms. The first kappa shape index (κ1) is 21.4. The minimum Gasteiger partial charge on any atom is -0.466 e. The van der Waals surface area contributed by atoms with Crippen molar-refractivity contribution >= 4 is 17.6 Å². The maximum atomic E-state index is 12.2. The van der Waals surface area contributed by atoms with Crippen LogP contribution in [0.3, 0.4) is 0 Å². The molecule has 0 N–H and O–H groups in total. The van der Waals surface area contributed by atoms with Gasteiger partial charge in [-0.1, -0.05) is 53.8 Å². The van der Waals surface area contributed by atoms with Crippen molar-refractivity contribution in [2.75, 3.05) is 6.61 Å². The fourth-order valence-corrected chi connectivity index (χ4v) is 3.38. The summed E-state index contributed by atoms with van der Waals surface area (Å²) in [6, 6.07) is 25.1. The summed E-state index contributed by atoms with van der Waals surface area (Å²) >= 11 is 5.92. The molecular weight excluding hydrogens is 420 g/mol. The summed E-state index contributed by atoms with van der Waals surface area (Å²) in [4.78, 5) is 12.2. The molecule has 158 valence electrons. The van der Waals surface area contributed by atoms with E-state index in [0.29, 0.717) is 11.6 Å². The predicted octanol–water partition coefficient (Wildman–Crippen LogP) is 5.70. The van der Waals surface area contributed by atoms with Crippen LogP contribution in [0.25, 0.3) is 16.9 Å². The molecule has 4 aromatic rings. The Bertz CT molecular complexity index is 1270. The topological polar surface area (TPSA) is 44.1 Å². The molecule has 0 saturated heterocycles. The number of para-hydroxylation sites is 1. The summed E-state index contributed by atoms with van der Waals surface area (Å²) in [6.45, 7) is 2.15. The molecule has 4 nitrogen and oxygen atoms in total. The van der Waals surface area contributed by atoms with E-state index >= 15 is 0 Å². The molecule has 0 atom stereocenters. The molecule has 0 amide bonds. The Balaban J connectivity index is 1.63. The zero-order valence-electron chi connectivity index (χ0n) is 17.6. The smallest absolute Gasteiger partial charge is 0.310 e. The molecule has 0 spiro atoms. The fraction of sp³-hybridized carbons (Fsp3) is 0.111. The van der Waals surface area contributed by atoms with E-state index in [-0.39, 0.29) is 12.4 Å². The number of nitrogens with zero attached hydrogens (tertiary/aromatic N) is 2. The van der Waals surface area contributed by atoms with Crippen molar-refractivity contribution < 1.29 is 9.53 Å². The number of aromatic nitrogens is 2. The molecule has 1 aromatic heterocycles. The third-order valence-electron chi connectivity index (χ3n) is 4.80. The first-order chi connectivity index (χ1) is 15.6. The number of hydrogen-bond acceptors (Lipinski definition) is 3. The second-order valence-corrected chi connectivity index (χ2v) is 7.54.